The maximum atomic E-state index is 10.8. The third-order valence-electron chi connectivity index (χ3n) is 2.73. The standard InChI is InChI=1S/C12H11NO6/c1-6-10(19-12(15)18-6)5-17-11(14)8-4-9-7(13-8)2-3-16-9/h2-4,11,13-14H,5H2,1H3. The molecule has 0 aliphatic rings. The van der Waals surface area contributed by atoms with Crippen molar-refractivity contribution in [1.29, 1.82) is 0 Å². The summed E-state index contributed by atoms with van der Waals surface area (Å²) in [4.78, 5) is 13.8. The van der Waals surface area contributed by atoms with Crippen LogP contribution in [0.15, 0.2) is 36.4 Å². The second-order valence-corrected chi connectivity index (χ2v) is 4.02. The molecule has 7 heteroatoms. The fourth-order valence-corrected chi connectivity index (χ4v) is 1.75. The van der Waals surface area contributed by atoms with Gasteiger partial charge in [0.1, 0.15) is 12.4 Å². The first-order valence-corrected chi connectivity index (χ1v) is 5.58. The number of nitrogens with one attached hydrogen (secondary N) is 1. The Labute approximate surface area is 106 Å². The minimum Gasteiger partial charge on any atom is -0.463 e. The lowest BCUT2D eigenvalue weighted by molar-refractivity contribution is -0.118. The van der Waals surface area contributed by atoms with Gasteiger partial charge in [0, 0.05) is 12.1 Å². The monoisotopic (exact) mass is 265 g/mol. The zero-order valence-electron chi connectivity index (χ0n) is 10.0. The average Bonchev–Trinajstić information content (AvgIpc) is 3.00. The van der Waals surface area contributed by atoms with Crippen LogP contribution in [0.1, 0.15) is 23.5 Å². The van der Waals surface area contributed by atoms with E-state index in [1.807, 2.05) is 0 Å². The Balaban J connectivity index is 1.71. The van der Waals surface area contributed by atoms with Crippen molar-refractivity contribution in [1.82, 2.24) is 4.98 Å². The molecule has 1 atom stereocenters. The number of aromatic nitrogens is 1. The number of aliphatic hydroxyl groups is 1. The number of H-pyrrole nitrogens is 1. The Morgan fingerprint density at radius 2 is 2.32 bits per heavy atom. The number of hydrogen-bond donors (Lipinski definition) is 2. The summed E-state index contributed by atoms with van der Waals surface area (Å²) in [6.45, 7) is 1.51. The van der Waals surface area contributed by atoms with E-state index in [-0.39, 0.29) is 12.4 Å². The average molecular weight is 265 g/mol. The summed E-state index contributed by atoms with van der Waals surface area (Å²) in [7, 11) is 0. The molecule has 0 bridgehead atoms. The molecule has 3 rings (SSSR count). The van der Waals surface area contributed by atoms with Crippen molar-refractivity contribution in [3.63, 3.8) is 0 Å². The smallest absolute Gasteiger partial charge is 0.463 e. The molecule has 3 aromatic rings. The van der Waals surface area contributed by atoms with Crippen LogP contribution in [0.25, 0.3) is 11.1 Å². The van der Waals surface area contributed by atoms with Gasteiger partial charge in [-0.2, -0.15) is 0 Å². The second kappa shape index (κ2) is 4.45. The number of hydrogen-bond acceptors (Lipinski definition) is 6. The highest BCUT2D eigenvalue weighted by molar-refractivity contribution is 5.74. The summed E-state index contributed by atoms with van der Waals surface area (Å²) >= 11 is 0. The van der Waals surface area contributed by atoms with Crippen LogP contribution in [0.5, 0.6) is 0 Å². The zero-order chi connectivity index (χ0) is 13.4. The van der Waals surface area contributed by atoms with Crippen LogP contribution in [0.3, 0.4) is 0 Å². The van der Waals surface area contributed by atoms with Crippen molar-refractivity contribution in [2.24, 2.45) is 0 Å². The van der Waals surface area contributed by atoms with Crippen molar-refractivity contribution < 1.29 is 23.1 Å². The van der Waals surface area contributed by atoms with E-state index in [0.29, 0.717) is 17.0 Å². The van der Waals surface area contributed by atoms with E-state index in [0.717, 1.165) is 5.52 Å². The molecule has 19 heavy (non-hydrogen) atoms. The van der Waals surface area contributed by atoms with Crippen LogP contribution < -0.4 is 5.82 Å². The van der Waals surface area contributed by atoms with E-state index in [1.54, 1.807) is 25.3 Å². The van der Waals surface area contributed by atoms with Crippen LogP contribution in [-0.2, 0) is 11.3 Å². The van der Waals surface area contributed by atoms with Gasteiger partial charge in [-0.1, -0.05) is 0 Å². The van der Waals surface area contributed by atoms with Gasteiger partial charge < -0.3 is 28.1 Å². The maximum absolute atomic E-state index is 10.8. The molecule has 100 valence electrons. The van der Waals surface area contributed by atoms with Gasteiger partial charge in [0.25, 0.3) is 0 Å². The molecule has 0 aromatic carbocycles. The minimum absolute atomic E-state index is 0.0703. The first kappa shape index (κ1) is 11.8. The molecule has 0 amide bonds. The Bertz CT molecular complexity index is 717. The highest BCUT2D eigenvalue weighted by Gasteiger charge is 2.15. The lowest BCUT2D eigenvalue weighted by Gasteiger charge is -2.08. The number of furan rings is 1. The number of aryl methyl sites for hydroxylation is 1. The first-order chi connectivity index (χ1) is 9.13. The largest absolute Gasteiger partial charge is 0.519 e. The van der Waals surface area contributed by atoms with E-state index in [4.69, 9.17) is 13.6 Å². The van der Waals surface area contributed by atoms with Crippen molar-refractivity contribution in [3.05, 3.63) is 46.2 Å². The third kappa shape index (κ3) is 2.20. The molecule has 0 spiro atoms. The topological polar surface area (TPSA) is 102 Å². The predicted molar refractivity (Wildman–Crippen MR) is 62.3 cm³/mol. The van der Waals surface area contributed by atoms with Crippen molar-refractivity contribution in [3.8, 4) is 0 Å². The van der Waals surface area contributed by atoms with Gasteiger partial charge in [-0.3, -0.25) is 0 Å². The molecule has 0 radical (unpaired) electrons. The summed E-state index contributed by atoms with van der Waals surface area (Å²) in [5.74, 6) is -0.209. The molecule has 0 aliphatic carbocycles. The predicted octanol–water partition coefficient (Wildman–Crippen LogP) is 1.82. The number of aliphatic hydroxyl groups excluding tert-OH is 1. The van der Waals surface area contributed by atoms with Crippen molar-refractivity contribution >= 4 is 11.1 Å². The van der Waals surface area contributed by atoms with E-state index < -0.39 is 12.1 Å². The third-order valence-corrected chi connectivity index (χ3v) is 2.73. The second-order valence-electron chi connectivity index (χ2n) is 4.02. The van der Waals surface area contributed by atoms with Crippen molar-refractivity contribution in [2.75, 3.05) is 0 Å². The molecule has 2 N–H and O–H groups in total. The summed E-state index contributed by atoms with van der Waals surface area (Å²) in [6.07, 6.45) is 0.365. The Kier molecular flexibility index (Phi) is 2.77. The number of aromatic amines is 1. The molecule has 0 saturated carbocycles. The maximum Gasteiger partial charge on any atom is 0.519 e. The SMILES string of the molecule is Cc1oc(=O)oc1COC(O)c1cc2occc2[nH]1. The van der Waals surface area contributed by atoms with E-state index >= 15 is 0 Å². The van der Waals surface area contributed by atoms with Crippen LogP contribution in [0.2, 0.25) is 0 Å². The molecular weight excluding hydrogens is 254 g/mol. The van der Waals surface area contributed by atoms with E-state index in [2.05, 4.69) is 9.40 Å². The number of rotatable bonds is 4. The molecular formula is C12H11NO6. The summed E-state index contributed by atoms with van der Waals surface area (Å²) in [6, 6.07) is 3.38. The van der Waals surface area contributed by atoms with Gasteiger partial charge in [0.15, 0.2) is 17.6 Å². The fourth-order valence-electron chi connectivity index (χ4n) is 1.75. The number of fused-ring (bicyclic) bond motifs is 1. The summed E-state index contributed by atoms with van der Waals surface area (Å²) < 4.78 is 19.8. The molecule has 3 aromatic heterocycles. The summed E-state index contributed by atoms with van der Waals surface area (Å²) in [5.41, 5.74) is 1.85. The highest BCUT2D eigenvalue weighted by atomic mass is 16.6. The number of ether oxygens (including phenoxy) is 1. The lowest BCUT2D eigenvalue weighted by Crippen LogP contribution is -2.04. The van der Waals surface area contributed by atoms with Crippen LogP contribution in [0.4, 0.5) is 0 Å². The van der Waals surface area contributed by atoms with Crippen LogP contribution >= 0.6 is 0 Å². The molecule has 0 fully saturated rings. The molecule has 3 heterocycles. The minimum atomic E-state index is -1.18. The van der Waals surface area contributed by atoms with Gasteiger partial charge in [-0.05, 0) is 6.92 Å². The highest BCUT2D eigenvalue weighted by Crippen LogP contribution is 2.22. The van der Waals surface area contributed by atoms with Gasteiger partial charge in [-0.25, -0.2) is 4.79 Å². The Hall–Kier alpha value is -2.25. The van der Waals surface area contributed by atoms with Crippen LogP contribution in [-0.4, -0.2) is 10.1 Å². The molecule has 1 unspecified atom stereocenters. The van der Waals surface area contributed by atoms with Gasteiger partial charge in [-0.15, -0.1) is 0 Å². The zero-order valence-corrected chi connectivity index (χ0v) is 10.0. The van der Waals surface area contributed by atoms with Crippen molar-refractivity contribution in [2.45, 2.75) is 19.8 Å². The lowest BCUT2D eigenvalue weighted by atomic mass is 10.4. The van der Waals surface area contributed by atoms with Gasteiger partial charge >= 0.3 is 5.82 Å². The molecule has 0 saturated heterocycles. The van der Waals surface area contributed by atoms with Gasteiger partial charge in [0.2, 0.25) is 0 Å². The molecule has 0 aliphatic heterocycles. The molecule has 7 nitrogen and oxygen atoms in total. The van der Waals surface area contributed by atoms with E-state index in [1.165, 1.54) is 0 Å². The van der Waals surface area contributed by atoms with E-state index in [9.17, 15) is 9.90 Å². The first-order valence-electron chi connectivity index (χ1n) is 5.58. The van der Waals surface area contributed by atoms with Crippen LogP contribution in [0, 0.1) is 6.92 Å². The quantitative estimate of drug-likeness (QED) is 0.697. The normalized spacial score (nSPS) is 13.2. The fraction of sp³-hybridized carbons (Fsp3) is 0.250. The Morgan fingerprint density at radius 1 is 1.47 bits per heavy atom. The summed E-state index contributed by atoms with van der Waals surface area (Å²) in [5, 5.41) is 9.85. The Morgan fingerprint density at radius 3 is 3.00 bits per heavy atom. The van der Waals surface area contributed by atoms with Gasteiger partial charge in [0.05, 0.1) is 17.5 Å².